The molecule has 0 aliphatic carbocycles. The number of carbonyl (C=O) groups is 1. The molecule has 7 heteroatoms. The summed E-state index contributed by atoms with van der Waals surface area (Å²) in [6, 6.07) is 4.22. The monoisotopic (exact) mass is 346 g/mol. The van der Waals surface area contributed by atoms with Crippen LogP contribution in [0.2, 0.25) is 0 Å². The molecular weight excluding hydrogens is 323 g/mol. The summed E-state index contributed by atoms with van der Waals surface area (Å²) in [7, 11) is 0. The number of amides is 1. The number of halogens is 1. The normalized spacial score (nSPS) is 20.7. The maximum atomic E-state index is 13.3. The van der Waals surface area contributed by atoms with Gasteiger partial charge >= 0.3 is 0 Å². The lowest BCUT2D eigenvalue weighted by Gasteiger charge is -2.37. The van der Waals surface area contributed by atoms with Crippen LogP contribution in [0.1, 0.15) is 35.8 Å². The minimum absolute atomic E-state index is 0.00303. The van der Waals surface area contributed by atoms with Crippen LogP contribution in [0, 0.1) is 18.7 Å². The molecule has 1 fully saturated rings. The molecule has 1 aliphatic rings. The minimum atomic E-state index is -0.345. The van der Waals surface area contributed by atoms with E-state index < -0.39 is 0 Å². The smallest absolute Gasteiger partial charge is 0.278 e. The van der Waals surface area contributed by atoms with Crippen molar-refractivity contribution < 1.29 is 14.3 Å². The molecule has 2 heterocycles. The highest BCUT2D eigenvalue weighted by Gasteiger charge is 2.32. The molecule has 3 rings (SSSR count). The molecule has 1 aliphatic heterocycles. The van der Waals surface area contributed by atoms with E-state index in [2.05, 4.69) is 12.0 Å². The van der Waals surface area contributed by atoms with Crippen LogP contribution in [-0.2, 0) is 0 Å². The lowest BCUT2D eigenvalue weighted by molar-refractivity contribution is 0.0564. The molecule has 0 bridgehead atoms. The summed E-state index contributed by atoms with van der Waals surface area (Å²) < 4.78 is 14.7. The van der Waals surface area contributed by atoms with Gasteiger partial charge in [0.2, 0.25) is 0 Å². The topological polar surface area (TPSA) is 84.4 Å². The zero-order chi connectivity index (χ0) is 18.1. The van der Waals surface area contributed by atoms with E-state index in [0.29, 0.717) is 30.3 Å². The largest absolute Gasteiger partial charge is 0.504 e. The Hall–Kier alpha value is -2.41. The highest BCUT2D eigenvalue weighted by molar-refractivity contribution is 5.95. The molecule has 0 radical (unpaired) electrons. The maximum absolute atomic E-state index is 13.3. The molecule has 2 unspecified atom stereocenters. The number of aromatic nitrogens is 2. The van der Waals surface area contributed by atoms with Crippen LogP contribution in [0.5, 0.6) is 5.75 Å². The van der Waals surface area contributed by atoms with Crippen LogP contribution in [0.15, 0.2) is 24.4 Å². The Morgan fingerprint density at radius 2 is 2.24 bits per heavy atom. The van der Waals surface area contributed by atoms with Gasteiger partial charge in [0.25, 0.3) is 5.91 Å². The number of aromatic hydroxyl groups is 1. The van der Waals surface area contributed by atoms with Gasteiger partial charge in [0.05, 0.1) is 11.9 Å². The Morgan fingerprint density at radius 3 is 2.92 bits per heavy atom. The van der Waals surface area contributed by atoms with Gasteiger partial charge in [-0.2, -0.15) is 5.10 Å². The number of benzene rings is 1. The van der Waals surface area contributed by atoms with Gasteiger partial charge in [-0.1, -0.05) is 6.92 Å². The molecular formula is C18H23FN4O2. The Bertz CT molecular complexity index is 789. The number of rotatable bonds is 3. The Labute approximate surface area is 146 Å². The van der Waals surface area contributed by atoms with Crippen LogP contribution < -0.4 is 5.73 Å². The summed E-state index contributed by atoms with van der Waals surface area (Å²) >= 11 is 0. The van der Waals surface area contributed by atoms with Gasteiger partial charge in [0, 0.05) is 19.1 Å². The Kier molecular flexibility index (Phi) is 4.76. The van der Waals surface area contributed by atoms with E-state index in [9.17, 15) is 14.3 Å². The van der Waals surface area contributed by atoms with Crippen molar-refractivity contribution in [2.45, 2.75) is 32.7 Å². The molecule has 1 amide bonds. The molecule has 134 valence electrons. The van der Waals surface area contributed by atoms with Crippen LogP contribution in [0.25, 0.3) is 5.69 Å². The van der Waals surface area contributed by atoms with Gasteiger partial charge < -0.3 is 15.7 Å². The molecule has 2 aromatic rings. The Balaban J connectivity index is 1.90. The predicted octanol–water partition coefficient (Wildman–Crippen LogP) is 2.22. The van der Waals surface area contributed by atoms with Crippen LogP contribution in [0.3, 0.4) is 0 Å². The van der Waals surface area contributed by atoms with Crippen molar-refractivity contribution in [2.75, 3.05) is 13.1 Å². The van der Waals surface area contributed by atoms with Gasteiger partial charge in [-0.05, 0) is 49.4 Å². The summed E-state index contributed by atoms with van der Waals surface area (Å²) in [5.41, 5.74) is 7.09. The highest BCUT2D eigenvalue weighted by atomic mass is 19.1. The number of nitrogens with zero attached hydrogens (tertiary/aromatic N) is 3. The van der Waals surface area contributed by atoms with Crippen molar-refractivity contribution in [2.24, 2.45) is 11.7 Å². The number of aryl methyl sites for hydroxylation is 1. The first kappa shape index (κ1) is 17.4. The third-order valence-corrected chi connectivity index (χ3v) is 4.81. The van der Waals surface area contributed by atoms with Gasteiger partial charge in [-0.3, -0.25) is 4.79 Å². The first-order valence-corrected chi connectivity index (χ1v) is 8.47. The third kappa shape index (κ3) is 3.37. The van der Waals surface area contributed by atoms with Gasteiger partial charge in [-0.25, -0.2) is 9.07 Å². The van der Waals surface area contributed by atoms with Crippen molar-refractivity contribution >= 4 is 5.91 Å². The number of hydrogen-bond donors (Lipinski definition) is 2. The predicted molar refractivity (Wildman–Crippen MR) is 92.2 cm³/mol. The minimum Gasteiger partial charge on any atom is -0.504 e. The first-order chi connectivity index (χ1) is 11.9. The molecule has 3 N–H and O–H groups in total. The Morgan fingerprint density at radius 1 is 1.48 bits per heavy atom. The second kappa shape index (κ2) is 6.84. The van der Waals surface area contributed by atoms with E-state index >= 15 is 0 Å². The number of hydrogen-bond acceptors (Lipinski definition) is 4. The zero-order valence-electron chi connectivity index (χ0n) is 14.4. The lowest BCUT2D eigenvalue weighted by Crippen LogP contribution is -2.49. The molecule has 6 nitrogen and oxygen atoms in total. The second-order valence-electron chi connectivity index (χ2n) is 6.76. The number of carbonyl (C=O) groups excluding carboxylic acids is 1. The number of piperidine rings is 1. The van der Waals surface area contributed by atoms with E-state index in [-0.39, 0.29) is 29.2 Å². The fourth-order valence-corrected chi connectivity index (χ4v) is 3.39. The van der Waals surface area contributed by atoms with E-state index in [1.165, 1.54) is 23.0 Å². The van der Waals surface area contributed by atoms with E-state index in [0.717, 1.165) is 12.8 Å². The van der Waals surface area contributed by atoms with E-state index in [1.54, 1.807) is 17.9 Å². The van der Waals surface area contributed by atoms with Gasteiger partial charge in [0.1, 0.15) is 5.82 Å². The third-order valence-electron chi connectivity index (χ3n) is 4.81. The maximum Gasteiger partial charge on any atom is 0.278 e. The van der Waals surface area contributed by atoms with Gasteiger partial charge in [0.15, 0.2) is 11.4 Å². The highest BCUT2D eigenvalue weighted by Crippen LogP contribution is 2.27. The summed E-state index contributed by atoms with van der Waals surface area (Å²) in [5, 5.41) is 14.5. The molecule has 25 heavy (non-hydrogen) atoms. The zero-order valence-corrected chi connectivity index (χ0v) is 14.4. The summed E-state index contributed by atoms with van der Waals surface area (Å²) in [6.45, 7) is 4.88. The van der Waals surface area contributed by atoms with Crippen LogP contribution >= 0.6 is 0 Å². The van der Waals surface area contributed by atoms with Crippen molar-refractivity contribution in [3.63, 3.8) is 0 Å². The molecule has 1 saturated heterocycles. The number of nitrogens with two attached hydrogens (primary N) is 1. The average Bonchev–Trinajstić information content (AvgIpc) is 2.95. The van der Waals surface area contributed by atoms with Crippen molar-refractivity contribution in [3.05, 3.63) is 41.5 Å². The SMILES string of the molecule is Cc1cc(F)ccc1-n1cc(O)c(C(=O)N2CCC(C)CC2CN)n1. The average molecular weight is 346 g/mol. The molecule has 2 atom stereocenters. The summed E-state index contributed by atoms with van der Waals surface area (Å²) in [5.74, 6) is -0.339. The fraction of sp³-hybridized carbons (Fsp3) is 0.444. The quantitative estimate of drug-likeness (QED) is 0.892. The molecule has 0 saturated carbocycles. The lowest BCUT2D eigenvalue weighted by atomic mass is 9.92. The van der Waals surface area contributed by atoms with Crippen LogP contribution in [-0.4, -0.2) is 44.8 Å². The molecule has 1 aromatic heterocycles. The van der Waals surface area contributed by atoms with Crippen molar-refractivity contribution in [1.29, 1.82) is 0 Å². The number of likely N-dealkylation sites (tertiary alicyclic amines) is 1. The van der Waals surface area contributed by atoms with E-state index in [1.807, 2.05) is 0 Å². The standard InChI is InChI=1S/C18H23FN4O2/c1-11-5-6-22(14(7-11)9-20)18(25)17-16(24)10-23(21-17)15-4-3-13(19)8-12(15)2/h3-4,8,10-11,14,24H,5-7,9,20H2,1-2H3. The summed E-state index contributed by atoms with van der Waals surface area (Å²) in [4.78, 5) is 14.6. The summed E-state index contributed by atoms with van der Waals surface area (Å²) in [6.07, 6.45) is 3.12. The first-order valence-electron chi connectivity index (χ1n) is 8.47. The second-order valence-corrected chi connectivity index (χ2v) is 6.76. The fourth-order valence-electron chi connectivity index (χ4n) is 3.39. The van der Waals surface area contributed by atoms with Crippen molar-refractivity contribution in [3.8, 4) is 11.4 Å². The van der Waals surface area contributed by atoms with Crippen LogP contribution in [0.4, 0.5) is 4.39 Å². The van der Waals surface area contributed by atoms with E-state index in [4.69, 9.17) is 5.73 Å². The van der Waals surface area contributed by atoms with Crippen molar-refractivity contribution in [1.82, 2.24) is 14.7 Å². The molecule has 0 spiro atoms. The van der Waals surface area contributed by atoms with Gasteiger partial charge in [-0.15, -0.1) is 0 Å². The molecule has 1 aromatic carbocycles.